The number of rotatable bonds is 4. The van der Waals surface area contributed by atoms with Crippen molar-refractivity contribution < 1.29 is 4.79 Å². The Bertz CT molecular complexity index is 407. The smallest absolute Gasteiger partial charge is 0.230 e. The summed E-state index contributed by atoms with van der Waals surface area (Å²) in [6, 6.07) is 8.29. The van der Waals surface area contributed by atoms with Gasteiger partial charge in [0.05, 0.1) is 5.41 Å². The molecule has 92 valence electrons. The van der Waals surface area contributed by atoms with Gasteiger partial charge >= 0.3 is 0 Å². The van der Waals surface area contributed by atoms with Gasteiger partial charge in [-0.25, -0.2) is 0 Å². The number of nitrogens with two attached hydrogens (primary N) is 1. The molecule has 0 aromatic heterocycles. The lowest BCUT2D eigenvalue weighted by Gasteiger charge is -2.22. The van der Waals surface area contributed by atoms with Gasteiger partial charge in [-0.3, -0.25) is 4.79 Å². The molecule has 0 spiro atoms. The van der Waals surface area contributed by atoms with E-state index >= 15 is 0 Å². The maximum Gasteiger partial charge on any atom is 0.230 e. The molecule has 17 heavy (non-hydrogen) atoms. The van der Waals surface area contributed by atoms with Crippen LogP contribution >= 0.6 is 0 Å². The van der Waals surface area contributed by atoms with Crippen LogP contribution < -0.4 is 5.73 Å². The van der Waals surface area contributed by atoms with Crippen molar-refractivity contribution >= 4 is 5.91 Å². The molecule has 1 aliphatic rings. The first-order valence-electron chi connectivity index (χ1n) is 6.09. The van der Waals surface area contributed by atoms with Crippen LogP contribution in [0.15, 0.2) is 24.3 Å². The number of carbonyl (C=O) groups is 1. The van der Waals surface area contributed by atoms with Crippen molar-refractivity contribution in [2.45, 2.75) is 26.3 Å². The molecule has 0 bridgehead atoms. The molecule has 1 saturated carbocycles. The summed E-state index contributed by atoms with van der Waals surface area (Å²) >= 11 is 0. The first kappa shape index (κ1) is 12.1. The van der Waals surface area contributed by atoms with Gasteiger partial charge in [0.1, 0.15) is 0 Å². The molecule has 0 radical (unpaired) electrons. The molecule has 0 saturated heterocycles. The van der Waals surface area contributed by atoms with E-state index in [1.807, 2.05) is 7.05 Å². The summed E-state index contributed by atoms with van der Waals surface area (Å²) in [5.74, 6) is 0.195. The van der Waals surface area contributed by atoms with Crippen molar-refractivity contribution in [3.63, 3.8) is 0 Å². The van der Waals surface area contributed by atoms with E-state index in [9.17, 15) is 4.79 Å². The number of hydrogen-bond donors (Lipinski definition) is 1. The highest BCUT2D eigenvalue weighted by Crippen LogP contribution is 2.46. The van der Waals surface area contributed by atoms with Crippen molar-refractivity contribution in [2.75, 3.05) is 13.6 Å². The molecule has 3 heteroatoms. The fourth-order valence-electron chi connectivity index (χ4n) is 2.10. The van der Waals surface area contributed by atoms with Gasteiger partial charge in [-0.1, -0.05) is 29.8 Å². The summed E-state index contributed by atoms with van der Waals surface area (Å²) in [5.41, 5.74) is 7.84. The number of carbonyl (C=O) groups excluding carboxylic acids is 1. The topological polar surface area (TPSA) is 46.3 Å². The second kappa shape index (κ2) is 4.49. The SMILES string of the molecule is Cc1ccc(CN(C)C(=O)C2(CN)CC2)cc1. The van der Waals surface area contributed by atoms with Crippen LogP contribution in [0.4, 0.5) is 0 Å². The Hall–Kier alpha value is -1.35. The fraction of sp³-hybridized carbons (Fsp3) is 0.500. The highest BCUT2D eigenvalue weighted by Gasteiger charge is 2.49. The van der Waals surface area contributed by atoms with E-state index in [2.05, 4.69) is 31.2 Å². The van der Waals surface area contributed by atoms with Gasteiger partial charge in [-0.15, -0.1) is 0 Å². The summed E-state index contributed by atoms with van der Waals surface area (Å²) in [4.78, 5) is 14.0. The summed E-state index contributed by atoms with van der Waals surface area (Å²) in [7, 11) is 1.86. The van der Waals surface area contributed by atoms with Gasteiger partial charge in [0, 0.05) is 20.1 Å². The van der Waals surface area contributed by atoms with E-state index < -0.39 is 0 Å². The minimum absolute atomic E-state index is 0.195. The highest BCUT2D eigenvalue weighted by atomic mass is 16.2. The average Bonchev–Trinajstić information content (AvgIpc) is 3.12. The molecule has 3 nitrogen and oxygen atoms in total. The van der Waals surface area contributed by atoms with Gasteiger partial charge in [0.15, 0.2) is 0 Å². The monoisotopic (exact) mass is 232 g/mol. The molecular formula is C14H20N2O. The third-order valence-corrected chi connectivity index (χ3v) is 3.59. The Kier molecular flexibility index (Phi) is 3.20. The van der Waals surface area contributed by atoms with E-state index in [-0.39, 0.29) is 11.3 Å². The molecule has 0 unspecified atom stereocenters. The average molecular weight is 232 g/mol. The molecule has 0 aliphatic heterocycles. The summed E-state index contributed by atoms with van der Waals surface area (Å²) in [6.45, 7) is 3.21. The lowest BCUT2D eigenvalue weighted by molar-refractivity contribution is -0.135. The second-order valence-corrected chi connectivity index (χ2v) is 5.13. The van der Waals surface area contributed by atoms with Crippen LogP contribution in [0, 0.1) is 12.3 Å². The molecule has 2 N–H and O–H groups in total. The second-order valence-electron chi connectivity index (χ2n) is 5.13. The summed E-state index contributed by atoms with van der Waals surface area (Å²) in [5, 5.41) is 0. The summed E-state index contributed by atoms with van der Waals surface area (Å²) in [6.07, 6.45) is 1.89. The van der Waals surface area contributed by atoms with Gasteiger partial charge in [-0.2, -0.15) is 0 Å². The maximum atomic E-state index is 12.2. The Morgan fingerprint density at radius 3 is 2.41 bits per heavy atom. The fourth-order valence-corrected chi connectivity index (χ4v) is 2.10. The largest absolute Gasteiger partial charge is 0.341 e. The molecule has 1 aromatic rings. The minimum Gasteiger partial charge on any atom is -0.341 e. The predicted molar refractivity (Wildman–Crippen MR) is 68.4 cm³/mol. The van der Waals surface area contributed by atoms with E-state index in [1.54, 1.807) is 4.90 Å². The van der Waals surface area contributed by atoms with Gasteiger partial charge in [0.2, 0.25) is 5.91 Å². The minimum atomic E-state index is -0.237. The van der Waals surface area contributed by atoms with Crippen molar-refractivity contribution in [2.24, 2.45) is 11.1 Å². The van der Waals surface area contributed by atoms with E-state index in [0.29, 0.717) is 13.1 Å². The van der Waals surface area contributed by atoms with Crippen LogP contribution in [-0.2, 0) is 11.3 Å². The molecule has 0 atom stereocenters. The van der Waals surface area contributed by atoms with Crippen molar-refractivity contribution in [1.29, 1.82) is 0 Å². The Morgan fingerprint density at radius 1 is 1.35 bits per heavy atom. The van der Waals surface area contributed by atoms with E-state index in [4.69, 9.17) is 5.73 Å². The molecule has 2 rings (SSSR count). The number of nitrogens with zero attached hydrogens (tertiary/aromatic N) is 1. The first-order chi connectivity index (χ1) is 8.07. The van der Waals surface area contributed by atoms with Crippen LogP contribution in [0.3, 0.4) is 0 Å². The van der Waals surface area contributed by atoms with Crippen LogP contribution in [0.1, 0.15) is 24.0 Å². The zero-order valence-electron chi connectivity index (χ0n) is 10.6. The molecule has 0 heterocycles. The van der Waals surface area contributed by atoms with Crippen molar-refractivity contribution in [3.8, 4) is 0 Å². The quantitative estimate of drug-likeness (QED) is 0.858. The van der Waals surface area contributed by atoms with Crippen molar-refractivity contribution in [3.05, 3.63) is 35.4 Å². The van der Waals surface area contributed by atoms with Crippen molar-refractivity contribution in [1.82, 2.24) is 4.90 Å². The number of hydrogen-bond acceptors (Lipinski definition) is 2. The van der Waals surface area contributed by atoms with E-state index in [1.165, 1.54) is 11.1 Å². The Balaban J connectivity index is 1.99. The van der Waals surface area contributed by atoms with Crippen LogP contribution in [0.2, 0.25) is 0 Å². The normalized spacial score (nSPS) is 16.6. The lowest BCUT2D eigenvalue weighted by atomic mass is 10.1. The highest BCUT2D eigenvalue weighted by molar-refractivity contribution is 5.85. The molecule has 1 fully saturated rings. The number of benzene rings is 1. The molecular weight excluding hydrogens is 212 g/mol. The van der Waals surface area contributed by atoms with Crippen LogP contribution in [0.25, 0.3) is 0 Å². The third-order valence-electron chi connectivity index (χ3n) is 3.59. The van der Waals surface area contributed by atoms with E-state index in [0.717, 1.165) is 12.8 Å². The lowest BCUT2D eigenvalue weighted by Crippen LogP contribution is -2.37. The zero-order chi connectivity index (χ0) is 12.5. The number of aryl methyl sites for hydroxylation is 1. The molecule has 1 aromatic carbocycles. The number of amides is 1. The zero-order valence-corrected chi connectivity index (χ0v) is 10.6. The van der Waals surface area contributed by atoms with Crippen LogP contribution in [-0.4, -0.2) is 24.4 Å². The summed E-state index contributed by atoms with van der Waals surface area (Å²) < 4.78 is 0. The van der Waals surface area contributed by atoms with Gasteiger partial charge in [-0.05, 0) is 25.3 Å². The Morgan fingerprint density at radius 2 is 1.94 bits per heavy atom. The molecule has 1 amide bonds. The first-order valence-corrected chi connectivity index (χ1v) is 6.09. The van der Waals surface area contributed by atoms with Gasteiger partial charge in [0.25, 0.3) is 0 Å². The predicted octanol–water partition coefficient (Wildman–Crippen LogP) is 1.69. The maximum absolute atomic E-state index is 12.2. The standard InChI is InChI=1S/C14H20N2O/c1-11-3-5-12(6-4-11)9-16(2)13(17)14(10-15)7-8-14/h3-6H,7-10,15H2,1-2H3. The van der Waals surface area contributed by atoms with Gasteiger partial charge < -0.3 is 10.6 Å². The molecule has 1 aliphatic carbocycles. The van der Waals surface area contributed by atoms with Crippen LogP contribution in [0.5, 0.6) is 0 Å². The third kappa shape index (κ3) is 2.50. The Labute approximate surface area is 103 Å².